The van der Waals surface area contributed by atoms with Gasteiger partial charge in [0.2, 0.25) is 0 Å². The third-order valence-electron chi connectivity index (χ3n) is 4.47. The van der Waals surface area contributed by atoms with Gasteiger partial charge in [0.25, 0.3) is 5.91 Å². The Hall–Kier alpha value is -3.20. The summed E-state index contributed by atoms with van der Waals surface area (Å²) in [5, 5.41) is 21.1. The number of fused-ring (bicyclic) bond motifs is 1. The highest BCUT2D eigenvalue weighted by Crippen LogP contribution is 2.35. The molecule has 3 N–H and O–H groups in total. The summed E-state index contributed by atoms with van der Waals surface area (Å²) >= 11 is 5.84. The van der Waals surface area contributed by atoms with Crippen LogP contribution < -0.4 is 5.32 Å². The zero-order valence-corrected chi connectivity index (χ0v) is 15.5. The van der Waals surface area contributed by atoms with Crippen LogP contribution in [0.3, 0.4) is 0 Å². The first-order chi connectivity index (χ1) is 13.5. The third-order valence-corrected chi connectivity index (χ3v) is 4.78. The maximum absolute atomic E-state index is 13.6. The molecule has 1 atom stereocenters. The molecule has 0 bridgehead atoms. The van der Waals surface area contributed by atoms with Gasteiger partial charge in [-0.3, -0.25) is 4.79 Å². The van der Waals surface area contributed by atoms with E-state index in [4.69, 9.17) is 16.7 Å². The van der Waals surface area contributed by atoms with Gasteiger partial charge in [0, 0.05) is 12.4 Å². The number of aromatic hydroxyl groups is 1. The lowest BCUT2D eigenvalue weighted by atomic mass is 10.0. The Morgan fingerprint density at radius 2 is 1.76 bits per heavy atom. The van der Waals surface area contributed by atoms with E-state index in [0.717, 1.165) is 24.3 Å². The molecule has 1 amide bonds. The highest BCUT2D eigenvalue weighted by atomic mass is 35.5. The lowest BCUT2D eigenvalue weighted by Gasteiger charge is -2.22. The van der Waals surface area contributed by atoms with E-state index >= 15 is 0 Å². The van der Waals surface area contributed by atoms with Crippen LogP contribution in [-0.4, -0.2) is 32.8 Å². The number of aromatic nitrogens is 1. The average molecular weight is 427 g/mol. The number of carbonyl (C=O) groups excluding carboxylic acids is 1. The summed E-state index contributed by atoms with van der Waals surface area (Å²) in [7, 11) is 1.47. The number of carboxylic acid groups (broad SMARTS) is 1. The summed E-state index contributed by atoms with van der Waals surface area (Å²) in [4.78, 5) is 23.5. The van der Waals surface area contributed by atoms with Gasteiger partial charge in [-0.25, -0.2) is 4.79 Å². The van der Waals surface area contributed by atoms with Crippen molar-refractivity contribution in [3.05, 3.63) is 64.3 Å². The number of amides is 1. The van der Waals surface area contributed by atoms with E-state index in [9.17, 15) is 27.9 Å². The number of carboxylic acids is 1. The Morgan fingerprint density at radius 1 is 1.14 bits per heavy atom. The zero-order valence-electron chi connectivity index (χ0n) is 14.8. The molecule has 0 aliphatic rings. The number of benzene rings is 2. The van der Waals surface area contributed by atoms with E-state index in [0.29, 0.717) is 5.52 Å². The van der Waals surface area contributed by atoms with Crippen LogP contribution in [0.4, 0.5) is 13.2 Å². The Morgan fingerprint density at radius 3 is 2.31 bits per heavy atom. The predicted molar refractivity (Wildman–Crippen MR) is 99.3 cm³/mol. The van der Waals surface area contributed by atoms with Crippen molar-refractivity contribution in [2.75, 3.05) is 0 Å². The number of carbonyl (C=O) groups is 2. The molecule has 0 spiro atoms. The van der Waals surface area contributed by atoms with Crippen molar-refractivity contribution in [2.45, 2.75) is 12.2 Å². The predicted octanol–water partition coefficient (Wildman–Crippen LogP) is 4.27. The smallest absolute Gasteiger partial charge is 0.412 e. The standard InChI is InChI=1S/C19H14ClF3N2O4/c1-25-13-7-6-12(20)15(26)11(13)8-14(25)17(27)24-16(19(21,22)23)9-2-4-10(5-3-9)18(28)29/h2-8,16,26H,1H3,(H,24,27)(H,28,29). The second-order valence-corrected chi connectivity index (χ2v) is 6.70. The van der Waals surface area contributed by atoms with E-state index in [1.54, 1.807) is 0 Å². The number of aromatic carboxylic acids is 1. The molecule has 2 aromatic carbocycles. The first kappa shape index (κ1) is 20.5. The SMILES string of the molecule is Cn1c(C(=O)NC(c2ccc(C(=O)O)cc2)C(F)(F)F)cc2c(O)c(Cl)ccc21. The lowest BCUT2D eigenvalue weighted by molar-refractivity contribution is -0.155. The van der Waals surface area contributed by atoms with Crippen LogP contribution in [0.1, 0.15) is 32.5 Å². The van der Waals surface area contributed by atoms with Gasteiger partial charge in [-0.05, 0) is 35.9 Å². The van der Waals surface area contributed by atoms with Crippen LogP contribution in [0.2, 0.25) is 5.02 Å². The largest absolute Gasteiger partial charge is 0.506 e. The number of halogens is 4. The Bertz CT molecular complexity index is 1110. The monoisotopic (exact) mass is 426 g/mol. The molecule has 10 heteroatoms. The molecular weight excluding hydrogens is 413 g/mol. The highest BCUT2D eigenvalue weighted by Gasteiger charge is 2.42. The summed E-state index contributed by atoms with van der Waals surface area (Å²) < 4.78 is 42.0. The number of aryl methyl sites for hydroxylation is 1. The molecule has 0 radical (unpaired) electrons. The average Bonchev–Trinajstić information content (AvgIpc) is 2.99. The second-order valence-electron chi connectivity index (χ2n) is 6.29. The number of alkyl halides is 3. The van der Waals surface area contributed by atoms with E-state index in [-0.39, 0.29) is 33.0 Å². The van der Waals surface area contributed by atoms with E-state index in [1.807, 2.05) is 5.32 Å². The van der Waals surface area contributed by atoms with Gasteiger partial charge in [0.1, 0.15) is 11.4 Å². The number of nitrogens with one attached hydrogen (secondary N) is 1. The van der Waals surface area contributed by atoms with Crippen LogP contribution in [0.5, 0.6) is 5.75 Å². The van der Waals surface area contributed by atoms with Crippen LogP contribution in [0, 0.1) is 0 Å². The molecule has 0 aliphatic carbocycles. The van der Waals surface area contributed by atoms with Gasteiger partial charge in [-0.1, -0.05) is 23.7 Å². The van der Waals surface area contributed by atoms with Crippen molar-refractivity contribution in [2.24, 2.45) is 7.05 Å². The van der Waals surface area contributed by atoms with Crippen molar-refractivity contribution < 1.29 is 33.0 Å². The first-order valence-corrected chi connectivity index (χ1v) is 8.56. The highest BCUT2D eigenvalue weighted by molar-refractivity contribution is 6.33. The van der Waals surface area contributed by atoms with Crippen LogP contribution in [0.15, 0.2) is 42.5 Å². The molecule has 0 aliphatic heterocycles. The molecule has 0 saturated heterocycles. The number of phenols is 1. The van der Waals surface area contributed by atoms with E-state index in [2.05, 4.69) is 0 Å². The number of phenolic OH excluding ortho intramolecular Hbond substituents is 1. The maximum atomic E-state index is 13.6. The Labute approximate surface area is 167 Å². The van der Waals surface area contributed by atoms with Gasteiger partial charge in [0.05, 0.1) is 16.1 Å². The maximum Gasteiger partial charge on any atom is 0.412 e. The quantitative estimate of drug-likeness (QED) is 0.581. The molecule has 29 heavy (non-hydrogen) atoms. The minimum atomic E-state index is -4.82. The van der Waals surface area contributed by atoms with Crippen LogP contribution >= 0.6 is 11.6 Å². The Kier molecular flexibility index (Phi) is 5.18. The molecule has 1 aromatic heterocycles. The summed E-state index contributed by atoms with van der Waals surface area (Å²) in [6, 6.07) is 5.87. The molecule has 6 nitrogen and oxygen atoms in total. The molecule has 1 heterocycles. The molecule has 0 fully saturated rings. The van der Waals surface area contributed by atoms with Crippen molar-refractivity contribution in [3.63, 3.8) is 0 Å². The van der Waals surface area contributed by atoms with Crippen molar-refractivity contribution in [1.82, 2.24) is 9.88 Å². The van der Waals surface area contributed by atoms with Gasteiger partial charge < -0.3 is 20.1 Å². The third kappa shape index (κ3) is 3.86. The number of hydrogen-bond donors (Lipinski definition) is 3. The summed E-state index contributed by atoms with van der Waals surface area (Å²) in [5.41, 5.74) is -0.206. The van der Waals surface area contributed by atoms with Gasteiger partial charge in [-0.15, -0.1) is 0 Å². The normalized spacial score (nSPS) is 12.7. The van der Waals surface area contributed by atoms with Crippen LogP contribution in [-0.2, 0) is 7.05 Å². The molecule has 0 saturated carbocycles. The van der Waals surface area contributed by atoms with Crippen molar-refractivity contribution >= 4 is 34.4 Å². The molecule has 3 aromatic rings. The number of nitrogens with zero attached hydrogens (tertiary/aromatic N) is 1. The fourth-order valence-electron chi connectivity index (χ4n) is 2.96. The minimum Gasteiger partial charge on any atom is -0.506 e. The van der Waals surface area contributed by atoms with Gasteiger partial charge in [0.15, 0.2) is 6.04 Å². The second kappa shape index (κ2) is 7.32. The summed E-state index contributed by atoms with van der Waals surface area (Å²) in [5.74, 6) is -2.59. The van der Waals surface area contributed by atoms with Gasteiger partial charge in [-0.2, -0.15) is 13.2 Å². The Balaban J connectivity index is 1.97. The van der Waals surface area contributed by atoms with E-state index in [1.165, 1.54) is 29.8 Å². The van der Waals surface area contributed by atoms with Gasteiger partial charge >= 0.3 is 12.1 Å². The first-order valence-electron chi connectivity index (χ1n) is 8.18. The number of hydrogen-bond acceptors (Lipinski definition) is 3. The molecule has 3 rings (SSSR count). The van der Waals surface area contributed by atoms with Crippen LogP contribution in [0.25, 0.3) is 10.9 Å². The molecular formula is C19H14ClF3N2O4. The fraction of sp³-hybridized carbons (Fsp3) is 0.158. The fourth-order valence-corrected chi connectivity index (χ4v) is 3.13. The summed E-state index contributed by atoms with van der Waals surface area (Å²) in [6.07, 6.45) is -4.82. The van der Waals surface area contributed by atoms with E-state index < -0.39 is 24.1 Å². The molecule has 1 unspecified atom stereocenters. The zero-order chi connectivity index (χ0) is 21.5. The topological polar surface area (TPSA) is 91.6 Å². The molecule has 152 valence electrons. The number of rotatable bonds is 4. The summed E-state index contributed by atoms with van der Waals surface area (Å²) in [6.45, 7) is 0. The lowest BCUT2D eigenvalue weighted by Crippen LogP contribution is -2.38. The van der Waals surface area contributed by atoms with Crippen molar-refractivity contribution in [1.29, 1.82) is 0 Å². The minimum absolute atomic E-state index is 0.0433. The van der Waals surface area contributed by atoms with Crippen molar-refractivity contribution in [3.8, 4) is 5.75 Å².